The van der Waals surface area contributed by atoms with Gasteiger partial charge in [-0.15, -0.1) is 70.8 Å². The van der Waals surface area contributed by atoms with Crippen molar-refractivity contribution in [1.29, 1.82) is 0 Å². The number of nitrogens with zero attached hydrogens (tertiary/aromatic N) is 2. The number of aromatic nitrogens is 2. The quantitative estimate of drug-likeness (QED) is 0.118. The van der Waals surface area contributed by atoms with Crippen LogP contribution in [0, 0.1) is 19.0 Å². The van der Waals surface area contributed by atoms with Gasteiger partial charge in [0, 0.05) is 38.0 Å². The number of benzene rings is 6. The Morgan fingerprint density at radius 3 is 2.04 bits per heavy atom. The Balaban J connectivity index is 0.000000195. The van der Waals surface area contributed by atoms with E-state index in [1.165, 1.54) is 27.1 Å². The second-order valence-corrected chi connectivity index (χ2v) is 19.2. The van der Waals surface area contributed by atoms with Gasteiger partial charge in [0.2, 0.25) is 0 Å². The smallest absolute Gasteiger partial charge is 0.0803 e. The molecule has 0 bridgehead atoms. The van der Waals surface area contributed by atoms with Crippen molar-refractivity contribution >= 4 is 24.0 Å². The van der Waals surface area contributed by atoms with Crippen LogP contribution in [0.3, 0.4) is 0 Å². The molecule has 6 aromatic carbocycles. The molecular formula is C50H44IrN2Si-2. The van der Waals surface area contributed by atoms with Crippen LogP contribution in [0.1, 0.15) is 35.0 Å². The molecule has 2 aromatic heterocycles. The maximum Gasteiger partial charge on any atom is 0.0803 e. The molecule has 0 aliphatic heterocycles. The molecule has 0 saturated carbocycles. The van der Waals surface area contributed by atoms with E-state index in [9.17, 15) is 0 Å². The van der Waals surface area contributed by atoms with E-state index < -0.39 is 20.8 Å². The van der Waals surface area contributed by atoms with Crippen LogP contribution in [0.25, 0.3) is 55.5 Å². The molecule has 0 aliphatic carbocycles. The van der Waals surface area contributed by atoms with E-state index in [2.05, 4.69) is 108 Å². The number of hydrogen-bond donors (Lipinski definition) is 0. The van der Waals surface area contributed by atoms with E-state index in [-0.39, 0.29) is 20.1 Å². The van der Waals surface area contributed by atoms with Gasteiger partial charge in [-0.05, 0) is 73.2 Å². The molecule has 1 unspecified atom stereocenters. The minimum absolute atomic E-state index is 0. The van der Waals surface area contributed by atoms with Gasteiger partial charge in [-0.2, -0.15) is 0 Å². The minimum atomic E-state index is -2.11. The Labute approximate surface area is 341 Å². The van der Waals surface area contributed by atoms with Gasteiger partial charge in [-0.1, -0.05) is 143 Å². The first-order valence-electron chi connectivity index (χ1n) is 19.9. The van der Waals surface area contributed by atoms with Crippen molar-refractivity contribution in [1.82, 2.24) is 9.97 Å². The topological polar surface area (TPSA) is 25.8 Å². The Bertz CT molecular complexity index is 2620. The van der Waals surface area contributed by atoms with Crippen LogP contribution < -0.4 is 5.19 Å². The molecule has 269 valence electrons. The Morgan fingerprint density at radius 2 is 1.31 bits per heavy atom. The molecule has 2 nitrogen and oxygen atoms in total. The fourth-order valence-electron chi connectivity index (χ4n) is 6.47. The van der Waals surface area contributed by atoms with Crippen LogP contribution in [-0.2, 0) is 20.1 Å². The first-order chi connectivity index (χ1) is 27.3. The van der Waals surface area contributed by atoms with Crippen LogP contribution in [0.5, 0.6) is 0 Å². The van der Waals surface area contributed by atoms with Gasteiger partial charge in [-0.25, -0.2) is 0 Å². The van der Waals surface area contributed by atoms with E-state index in [0.29, 0.717) is 5.56 Å². The minimum Gasteiger partial charge on any atom is -0.305 e. The molecule has 0 spiro atoms. The SMILES string of the molecule is [2H]C(C)(c1ccccc1)c1cc[c-]c(-c2cc(-c3ccc4ccccc4c3)ccn2)c1.[2H]C([2H])([2H])c1c[c-]c(-c2cc(-c3ccccc3)c([Si](C)(C)C)cn2)cc1.[Ir]. The number of pyridine rings is 2. The molecule has 54 heavy (non-hydrogen) atoms. The van der Waals surface area contributed by atoms with Gasteiger partial charge in [0.05, 0.1) is 8.07 Å². The summed E-state index contributed by atoms with van der Waals surface area (Å²) < 4.78 is 31.5. The van der Waals surface area contributed by atoms with Crippen molar-refractivity contribution in [2.24, 2.45) is 0 Å². The predicted molar refractivity (Wildman–Crippen MR) is 227 cm³/mol. The molecule has 0 N–H and O–H groups in total. The van der Waals surface area contributed by atoms with Crippen molar-refractivity contribution in [2.45, 2.75) is 39.3 Å². The summed E-state index contributed by atoms with van der Waals surface area (Å²) in [5, 5.41) is 3.77. The van der Waals surface area contributed by atoms with Crippen LogP contribution in [0.2, 0.25) is 19.6 Å². The van der Waals surface area contributed by atoms with Crippen LogP contribution in [-0.4, -0.2) is 18.0 Å². The summed E-state index contributed by atoms with van der Waals surface area (Å²) in [7, 11) is -1.57. The summed E-state index contributed by atoms with van der Waals surface area (Å²) in [5.74, 6) is -0.846. The average Bonchev–Trinajstić information content (AvgIpc) is 3.23. The van der Waals surface area contributed by atoms with Crippen LogP contribution in [0.4, 0.5) is 0 Å². The molecule has 0 saturated heterocycles. The van der Waals surface area contributed by atoms with Gasteiger partial charge >= 0.3 is 0 Å². The molecule has 4 heteroatoms. The first kappa shape index (κ1) is 33.3. The fraction of sp³-hybridized carbons (Fsp3) is 0.120. The molecular weight excluding hydrogens is 849 g/mol. The van der Waals surface area contributed by atoms with Crippen LogP contribution in [0.15, 0.2) is 170 Å². The van der Waals surface area contributed by atoms with Crippen LogP contribution >= 0.6 is 0 Å². The third-order valence-electron chi connectivity index (χ3n) is 9.45. The van der Waals surface area contributed by atoms with Gasteiger partial charge in [0.1, 0.15) is 0 Å². The largest absolute Gasteiger partial charge is 0.305 e. The average molecular weight is 897 g/mol. The van der Waals surface area contributed by atoms with E-state index in [4.69, 9.17) is 5.48 Å². The summed E-state index contributed by atoms with van der Waals surface area (Å²) in [5.41, 5.74) is 10.2. The molecule has 1 radical (unpaired) electrons. The monoisotopic (exact) mass is 897 g/mol. The fourth-order valence-corrected chi connectivity index (χ4v) is 7.95. The van der Waals surface area contributed by atoms with E-state index in [0.717, 1.165) is 44.8 Å². The number of hydrogen-bond acceptors (Lipinski definition) is 2. The molecule has 0 aliphatic rings. The van der Waals surface area contributed by atoms with Gasteiger partial charge in [0.15, 0.2) is 0 Å². The molecule has 1 atom stereocenters. The summed E-state index contributed by atoms with van der Waals surface area (Å²) in [6.45, 7) is 6.76. The molecule has 8 aromatic rings. The van der Waals surface area contributed by atoms with Gasteiger partial charge < -0.3 is 9.97 Å². The number of aryl methyl sites for hydroxylation is 1. The Morgan fingerprint density at radius 1 is 0.611 bits per heavy atom. The predicted octanol–water partition coefficient (Wildman–Crippen LogP) is 12.6. The second kappa shape index (κ2) is 17.3. The second-order valence-electron chi connectivity index (χ2n) is 14.2. The third kappa shape index (κ3) is 9.09. The number of rotatable bonds is 7. The van der Waals surface area contributed by atoms with E-state index in [1.54, 1.807) is 18.2 Å². The summed E-state index contributed by atoms with van der Waals surface area (Å²) in [6.07, 6.45) is 3.83. The molecule has 8 rings (SSSR count). The zero-order valence-corrected chi connectivity index (χ0v) is 34.3. The normalized spacial score (nSPS) is 13.5. The maximum absolute atomic E-state index is 8.99. The summed E-state index contributed by atoms with van der Waals surface area (Å²) >= 11 is 0. The summed E-state index contributed by atoms with van der Waals surface area (Å²) in [6, 6.07) is 58.7. The molecule has 2 heterocycles. The standard InChI is InChI=1S/C29H22N.C21H22NSi.Ir/c1-21(22-8-3-2-4-9-22)24-12-7-13-28(18-24)29-20-27(16-17-30-29)26-15-14-23-10-5-6-11-25(23)19-26;1-16-10-12-18(13-11-16)20-14-19(17-8-6-5-7-9-17)21(15-22-20)23(2,3)4;/h2-12,14-21H,1H3;5-12,14-15H,1-4H3;/q2*-1;/i21D;1D3;. The van der Waals surface area contributed by atoms with E-state index in [1.807, 2.05) is 92.1 Å². The number of fused-ring (bicyclic) bond motifs is 1. The van der Waals surface area contributed by atoms with Crippen molar-refractivity contribution in [3.63, 3.8) is 0 Å². The van der Waals surface area contributed by atoms with E-state index >= 15 is 0 Å². The maximum atomic E-state index is 8.99. The van der Waals surface area contributed by atoms with Crippen molar-refractivity contribution in [3.05, 3.63) is 199 Å². The Hall–Kier alpha value is -5.25. The van der Waals surface area contributed by atoms with Gasteiger partial charge in [-0.3, -0.25) is 0 Å². The summed E-state index contributed by atoms with van der Waals surface area (Å²) in [4.78, 5) is 9.26. The van der Waals surface area contributed by atoms with Crippen molar-refractivity contribution in [2.75, 3.05) is 0 Å². The third-order valence-corrected chi connectivity index (χ3v) is 11.5. The van der Waals surface area contributed by atoms with Gasteiger partial charge in [0.25, 0.3) is 0 Å². The zero-order valence-electron chi connectivity index (χ0n) is 34.9. The zero-order chi connectivity index (χ0) is 40.2. The van der Waals surface area contributed by atoms with Crippen molar-refractivity contribution in [3.8, 4) is 44.8 Å². The Kier molecular flexibility index (Phi) is 10.7. The molecule has 0 fully saturated rings. The molecule has 0 amide bonds. The first-order valence-corrected chi connectivity index (χ1v) is 21.4. The van der Waals surface area contributed by atoms with Crippen molar-refractivity contribution < 1.29 is 25.6 Å².